The second-order valence-electron chi connectivity index (χ2n) is 30.8. The van der Waals surface area contributed by atoms with E-state index in [0.717, 1.165) is 78.9 Å². The number of halogens is 1. The standard InChI is InChI=1S/C82H110N2O17.ClH/c1-50(2)27-24-28-51(3)29-25-30-52(4)31-26-41-79(11)42-40-62-53(5)54(6)71(56(8)72(62)101-79)98-67(87)38-39-68(88)99-74(70(61-36-22-17-23-37-61)83-46-59-32-18-15-19-33-59)78(91)96-64-45-81(92)44-63(55(64)7)73(95-57(9)85)76(90)80(12)65(97-69(89)47-84(13)14)43-66-82(49-94-66,100-58(10)86)75(80)77(81)93-48-60-34-20-16-21-35-60;/h15-23,32-37,50-52,64-66,70,73-75,77,83,92H,24-31,38-49H2,1-14H3;1H/t51-,52-,64-,65-,66+,70-,73+,74+,75-,77-,79?,80+,81+,82-;/m0./s1. The summed E-state index contributed by atoms with van der Waals surface area (Å²) in [5, 5.41) is 17.4. The van der Waals surface area contributed by atoms with Gasteiger partial charge in [0.15, 0.2) is 17.5 Å². The Bertz CT molecular complexity index is 3600. The van der Waals surface area contributed by atoms with E-state index in [1.54, 1.807) is 63.2 Å². The highest BCUT2D eigenvalue weighted by Crippen LogP contribution is 2.62. The number of aliphatic hydroxyl groups is 1. The van der Waals surface area contributed by atoms with Crippen LogP contribution < -0.4 is 14.8 Å². The normalized spacial score (nSPS) is 26.1. The van der Waals surface area contributed by atoms with Gasteiger partial charge in [-0.05, 0) is 144 Å². The van der Waals surface area contributed by atoms with Crippen LogP contribution in [0.2, 0.25) is 0 Å². The zero-order valence-corrected chi connectivity index (χ0v) is 63.3. The fraction of sp³-hybridized carbons (Fsp3) is 0.598. The molecule has 2 saturated carbocycles. The number of benzene rings is 4. The van der Waals surface area contributed by atoms with Gasteiger partial charge in [-0.2, -0.15) is 0 Å². The first-order valence-corrected chi connectivity index (χ1v) is 36.6. The van der Waals surface area contributed by atoms with Crippen LogP contribution in [0.3, 0.4) is 0 Å². The van der Waals surface area contributed by atoms with E-state index in [-0.39, 0.29) is 62.7 Å². The highest BCUT2D eigenvalue weighted by atomic mass is 35.5. The van der Waals surface area contributed by atoms with Crippen LogP contribution in [0.1, 0.15) is 204 Å². The molecule has 0 spiro atoms. The van der Waals surface area contributed by atoms with Gasteiger partial charge in [0.05, 0.1) is 55.8 Å². The van der Waals surface area contributed by atoms with Gasteiger partial charge in [0.2, 0.25) is 6.10 Å². The largest absolute Gasteiger partial charge is 0.487 e. The van der Waals surface area contributed by atoms with E-state index >= 15 is 9.59 Å². The van der Waals surface area contributed by atoms with Crippen molar-refractivity contribution in [3.8, 4) is 11.5 Å². The van der Waals surface area contributed by atoms with Crippen molar-refractivity contribution in [2.75, 3.05) is 27.2 Å². The predicted octanol–water partition coefficient (Wildman–Crippen LogP) is 13.7. The molecule has 558 valence electrons. The zero-order valence-electron chi connectivity index (χ0n) is 62.5. The van der Waals surface area contributed by atoms with Crippen LogP contribution in [-0.2, 0) is 86.3 Å². The molecule has 3 fully saturated rings. The summed E-state index contributed by atoms with van der Waals surface area (Å²) in [6, 6.07) is 26.3. The van der Waals surface area contributed by atoms with Gasteiger partial charge in [0.1, 0.15) is 35.4 Å². The number of esters is 6. The molecule has 102 heavy (non-hydrogen) atoms. The molecule has 3 aliphatic carbocycles. The van der Waals surface area contributed by atoms with Gasteiger partial charge in [-0.1, -0.05) is 164 Å². The number of nitrogens with zero attached hydrogens (tertiary/aromatic N) is 1. The lowest BCUT2D eigenvalue weighted by Crippen LogP contribution is -2.80. The summed E-state index contributed by atoms with van der Waals surface area (Å²) in [6.45, 7) is 22.5. The van der Waals surface area contributed by atoms with Crippen molar-refractivity contribution in [2.45, 2.75) is 258 Å². The Morgan fingerprint density at radius 2 is 1.33 bits per heavy atom. The van der Waals surface area contributed by atoms with E-state index in [1.807, 2.05) is 81.4 Å². The van der Waals surface area contributed by atoms with E-state index in [4.69, 9.17) is 42.6 Å². The Morgan fingerprint density at radius 1 is 0.725 bits per heavy atom. The van der Waals surface area contributed by atoms with E-state index < -0.39 is 132 Å². The van der Waals surface area contributed by atoms with Gasteiger partial charge in [-0.15, -0.1) is 12.4 Å². The predicted molar refractivity (Wildman–Crippen MR) is 388 cm³/mol. The maximum absolute atomic E-state index is 16.3. The van der Waals surface area contributed by atoms with Crippen LogP contribution in [0.5, 0.6) is 11.5 Å². The molecule has 2 heterocycles. The molecule has 0 radical (unpaired) electrons. The first kappa shape index (κ1) is 80.7. The van der Waals surface area contributed by atoms with Crippen molar-refractivity contribution in [3.05, 3.63) is 141 Å². The molecule has 2 N–H and O–H groups in total. The lowest BCUT2D eigenvalue weighted by Gasteiger charge is -2.66. The number of carbonyl (C=O) groups excluding carboxylic acids is 7. The first-order valence-electron chi connectivity index (χ1n) is 36.6. The summed E-state index contributed by atoms with van der Waals surface area (Å²) in [7, 11) is 3.37. The average Bonchev–Trinajstić information content (AvgIpc) is 0.677. The summed E-state index contributed by atoms with van der Waals surface area (Å²) >= 11 is 0. The van der Waals surface area contributed by atoms with E-state index in [9.17, 15) is 29.1 Å². The molecule has 1 saturated heterocycles. The minimum absolute atomic E-state index is 0. The third kappa shape index (κ3) is 19.1. The SMILES string of the molecule is CC(=O)O[C@H]1C(=O)[C@]2(C)[C@@H](OC(=O)CN(C)C)C[C@H]3OC[C@@]3(OC(C)=O)[C@H]2[C@H](OCc2ccccc2)[C@@]2(O)CC1=C(C)[C@@H](OC(=O)[C@H](OC(=O)CCC(=O)Oc1c(C)c(C)c3c(c1C)OC(C)(CCC[C@@H](C)CCC[C@@H](C)CCCC(C)C)CC3)[C@@H](NCc1ccccc1)c1ccccc1)C2.Cl. The number of rotatable bonds is 32. The average molecular weight is 1430 g/mol. The zero-order chi connectivity index (χ0) is 73.1. The minimum Gasteiger partial charge on any atom is -0.487 e. The van der Waals surface area contributed by atoms with Crippen LogP contribution in [0, 0.1) is 49.9 Å². The van der Waals surface area contributed by atoms with E-state index in [1.165, 1.54) is 45.4 Å². The maximum Gasteiger partial charge on any atom is 0.350 e. The van der Waals surface area contributed by atoms with E-state index in [2.05, 4.69) is 39.9 Å². The number of ether oxygens (including phenoxy) is 9. The Balaban J connectivity index is 0.0000132. The lowest BCUT2D eigenvalue weighted by atomic mass is 9.48. The third-order valence-corrected chi connectivity index (χ3v) is 22.0. The summed E-state index contributed by atoms with van der Waals surface area (Å²) in [5.74, 6) is -3.88. The molecule has 2 aliphatic heterocycles. The van der Waals surface area contributed by atoms with Crippen molar-refractivity contribution in [3.63, 3.8) is 0 Å². The van der Waals surface area contributed by atoms with Crippen LogP contribution >= 0.6 is 12.4 Å². The van der Waals surface area contributed by atoms with Crippen molar-refractivity contribution in [1.29, 1.82) is 0 Å². The topological polar surface area (TPSA) is 238 Å². The second kappa shape index (κ2) is 35.2. The molecule has 14 atom stereocenters. The molecule has 20 heteroatoms. The van der Waals surface area contributed by atoms with Crippen LogP contribution in [0.25, 0.3) is 0 Å². The van der Waals surface area contributed by atoms with Gasteiger partial charge in [-0.25, -0.2) is 4.79 Å². The maximum atomic E-state index is 16.3. The Labute approximate surface area is 609 Å². The van der Waals surface area contributed by atoms with Crippen LogP contribution in [0.15, 0.2) is 102 Å². The lowest BCUT2D eigenvalue weighted by molar-refractivity contribution is -0.346. The Hall–Kier alpha value is -7.00. The molecular weight excluding hydrogens is 1320 g/mol. The number of nitrogens with one attached hydrogen (secondary N) is 1. The van der Waals surface area contributed by atoms with Crippen molar-refractivity contribution in [1.82, 2.24) is 10.2 Å². The third-order valence-electron chi connectivity index (χ3n) is 22.0. The van der Waals surface area contributed by atoms with E-state index in [0.29, 0.717) is 28.4 Å². The fourth-order valence-corrected chi connectivity index (χ4v) is 16.3. The molecule has 1 unspecified atom stereocenters. The quantitative estimate of drug-likeness (QED) is 0.0200. The van der Waals surface area contributed by atoms with Crippen molar-refractivity contribution >= 4 is 54.0 Å². The molecule has 2 bridgehead atoms. The molecule has 9 rings (SSSR count). The summed E-state index contributed by atoms with van der Waals surface area (Å²) < 4.78 is 58.0. The molecule has 4 aromatic rings. The highest BCUT2D eigenvalue weighted by molar-refractivity contribution is 5.95. The summed E-state index contributed by atoms with van der Waals surface area (Å²) in [4.78, 5) is 103. The second-order valence-corrected chi connectivity index (χ2v) is 30.8. The molecule has 0 amide bonds. The number of fused-ring (bicyclic) bond motifs is 6. The summed E-state index contributed by atoms with van der Waals surface area (Å²) in [6.07, 6.45) is 1.75. The monoisotopic (exact) mass is 1430 g/mol. The fourth-order valence-electron chi connectivity index (χ4n) is 16.3. The molecule has 0 aromatic heterocycles. The number of Topliss-reactive ketones (excluding diaryl/α,β-unsaturated/α-hetero) is 1. The number of ketones is 1. The molecule has 4 aromatic carbocycles. The van der Waals surface area contributed by atoms with Crippen LogP contribution in [0.4, 0.5) is 0 Å². The van der Waals surface area contributed by atoms with Gasteiger partial charge < -0.3 is 53.1 Å². The first-order chi connectivity index (χ1) is 47.9. The highest BCUT2D eigenvalue weighted by Gasteiger charge is 2.76. The number of carbonyl (C=O) groups is 7. The number of hydrogen-bond donors (Lipinski definition) is 2. The number of hydrogen-bond acceptors (Lipinski definition) is 19. The Morgan fingerprint density at radius 3 is 1.93 bits per heavy atom. The van der Waals surface area contributed by atoms with Crippen molar-refractivity contribution < 1.29 is 81.3 Å². The van der Waals surface area contributed by atoms with Crippen LogP contribution in [-0.4, -0.2) is 132 Å². The van der Waals surface area contributed by atoms with Gasteiger partial charge in [0, 0.05) is 51.1 Å². The van der Waals surface area contributed by atoms with Crippen molar-refractivity contribution in [2.24, 2.45) is 29.1 Å². The Kier molecular flexibility index (Phi) is 27.8. The smallest absolute Gasteiger partial charge is 0.350 e. The van der Waals surface area contributed by atoms with Gasteiger partial charge in [0.25, 0.3) is 0 Å². The van der Waals surface area contributed by atoms with Gasteiger partial charge in [-0.3, -0.25) is 33.7 Å². The molecule has 5 aliphatic rings. The molecule has 19 nitrogen and oxygen atoms in total. The number of likely N-dealkylation sites (N-methyl/N-ethyl adjacent to an activating group) is 1. The van der Waals surface area contributed by atoms with Gasteiger partial charge >= 0.3 is 35.8 Å². The minimum atomic E-state index is -2.18. The molecular formula is C82H111ClN2O17. The summed E-state index contributed by atoms with van der Waals surface area (Å²) in [5.41, 5.74) is -0.287.